The highest BCUT2D eigenvalue weighted by Crippen LogP contribution is 2.22. The van der Waals surface area contributed by atoms with Crippen LogP contribution in [0.1, 0.15) is 17.8 Å². The largest absolute Gasteiger partial charge is 0.376 e. The molecule has 118 valence electrons. The fraction of sp³-hybridized carbons (Fsp3) is 0.500. The third kappa shape index (κ3) is 4.03. The average molecular weight is 319 g/mol. The number of likely N-dealkylation sites (N-methyl/N-ethyl adjacent to an activating group) is 1. The van der Waals surface area contributed by atoms with Crippen LogP contribution in [0, 0.1) is 0 Å². The van der Waals surface area contributed by atoms with Crippen LogP contribution >= 0.6 is 11.3 Å². The number of benzene rings is 1. The number of carbonyl (C=O) groups is 1. The molecule has 22 heavy (non-hydrogen) atoms. The Kier molecular flexibility index (Phi) is 5.02. The number of ether oxygens (including phenoxy) is 1. The third-order valence-electron chi connectivity index (χ3n) is 3.71. The molecule has 1 aliphatic rings. The highest BCUT2D eigenvalue weighted by molar-refractivity contribution is 7.18. The molecule has 1 atom stereocenters. The van der Waals surface area contributed by atoms with Gasteiger partial charge in [-0.05, 0) is 32.0 Å². The summed E-state index contributed by atoms with van der Waals surface area (Å²) in [6.45, 7) is 2.50. The molecule has 1 unspecified atom stereocenters. The van der Waals surface area contributed by atoms with Crippen LogP contribution in [-0.4, -0.2) is 48.6 Å². The van der Waals surface area contributed by atoms with E-state index in [9.17, 15) is 4.79 Å². The summed E-state index contributed by atoms with van der Waals surface area (Å²) < 4.78 is 6.69. The van der Waals surface area contributed by atoms with Crippen LogP contribution in [0.25, 0.3) is 10.2 Å². The highest BCUT2D eigenvalue weighted by atomic mass is 32.1. The van der Waals surface area contributed by atoms with Gasteiger partial charge in [0.1, 0.15) is 5.01 Å². The lowest BCUT2D eigenvalue weighted by molar-refractivity contribution is -0.122. The van der Waals surface area contributed by atoms with Crippen LogP contribution in [0.5, 0.6) is 0 Å². The number of nitrogens with zero attached hydrogens (tertiary/aromatic N) is 2. The minimum Gasteiger partial charge on any atom is -0.376 e. The molecule has 5 nitrogen and oxygen atoms in total. The summed E-state index contributed by atoms with van der Waals surface area (Å²) in [5.74, 6) is 0.0408. The van der Waals surface area contributed by atoms with Gasteiger partial charge in [0, 0.05) is 13.2 Å². The minimum absolute atomic E-state index is 0.0408. The van der Waals surface area contributed by atoms with Crippen LogP contribution in [0.2, 0.25) is 0 Å². The molecule has 0 aliphatic carbocycles. The molecule has 2 heterocycles. The van der Waals surface area contributed by atoms with Crippen LogP contribution in [-0.2, 0) is 16.1 Å². The van der Waals surface area contributed by atoms with E-state index in [1.165, 1.54) is 4.70 Å². The Labute approximate surface area is 134 Å². The maximum Gasteiger partial charge on any atom is 0.234 e. The van der Waals surface area contributed by atoms with Crippen molar-refractivity contribution in [3.63, 3.8) is 0 Å². The van der Waals surface area contributed by atoms with Gasteiger partial charge in [-0.1, -0.05) is 12.1 Å². The second-order valence-corrected chi connectivity index (χ2v) is 6.80. The number of carbonyl (C=O) groups excluding carboxylic acids is 1. The lowest BCUT2D eigenvalue weighted by Crippen LogP contribution is -2.38. The number of hydrogen-bond donors (Lipinski definition) is 1. The standard InChI is InChI=1S/C16H21N3O2S/c1-19(10-15(20)17-9-12-5-4-8-21-12)11-16-18-13-6-2-3-7-14(13)22-16/h2-3,6-7,12H,4-5,8-11H2,1H3,(H,17,20). The first kappa shape index (κ1) is 15.4. The van der Waals surface area contributed by atoms with Gasteiger partial charge in [0.2, 0.25) is 5.91 Å². The van der Waals surface area contributed by atoms with E-state index >= 15 is 0 Å². The Morgan fingerprint density at radius 1 is 1.50 bits per heavy atom. The van der Waals surface area contributed by atoms with Gasteiger partial charge < -0.3 is 10.1 Å². The summed E-state index contributed by atoms with van der Waals surface area (Å²) in [4.78, 5) is 18.5. The number of rotatable bonds is 6. The van der Waals surface area contributed by atoms with E-state index in [-0.39, 0.29) is 12.0 Å². The Morgan fingerprint density at radius 2 is 2.36 bits per heavy atom. The summed E-state index contributed by atoms with van der Waals surface area (Å²) in [5.41, 5.74) is 1.03. The minimum atomic E-state index is 0.0408. The second kappa shape index (κ2) is 7.17. The van der Waals surface area contributed by atoms with Crippen molar-refractivity contribution in [1.29, 1.82) is 0 Å². The topological polar surface area (TPSA) is 54.5 Å². The molecule has 1 amide bonds. The van der Waals surface area contributed by atoms with E-state index in [0.29, 0.717) is 19.6 Å². The maximum absolute atomic E-state index is 11.9. The second-order valence-electron chi connectivity index (χ2n) is 5.69. The zero-order valence-corrected chi connectivity index (χ0v) is 13.6. The number of nitrogens with one attached hydrogen (secondary N) is 1. The molecule has 0 radical (unpaired) electrons. The zero-order valence-electron chi connectivity index (χ0n) is 12.7. The van der Waals surface area contributed by atoms with Crippen LogP contribution in [0.15, 0.2) is 24.3 Å². The lowest BCUT2D eigenvalue weighted by Gasteiger charge is -2.16. The molecule has 0 saturated carbocycles. The third-order valence-corrected chi connectivity index (χ3v) is 4.73. The molecule has 1 fully saturated rings. The van der Waals surface area contributed by atoms with Crippen molar-refractivity contribution in [2.75, 3.05) is 26.7 Å². The Bertz CT molecular complexity index is 604. The molecule has 2 aromatic rings. The van der Waals surface area contributed by atoms with E-state index < -0.39 is 0 Å². The van der Waals surface area contributed by atoms with Gasteiger partial charge in [-0.25, -0.2) is 4.98 Å². The number of fused-ring (bicyclic) bond motifs is 1. The maximum atomic E-state index is 11.9. The summed E-state index contributed by atoms with van der Waals surface area (Å²) >= 11 is 1.68. The SMILES string of the molecule is CN(CC(=O)NCC1CCCO1)Cc1nc2ccccc2s1. The lowest BCUT2D eigenvalue weighted by atomic mass is 10.2. The first-order chi connectivity index (χ1) is 10.7. The zero-order chi connectivity index (χ0) is 15.4. The number of amides is 1. The summed E-state index contributed by atoms with van der Waals surface area (Å²) in [6.07, 6.45) is 2.33. The Balaban J connectivity index is 1.46. The monoisotopic (exact) mass is 319 g/mol. The van der Waals surface area contributed by atoms with E-state index in [1.54, 1.807) is 11.3 Å². The van der Waals surface area contributed by atoms with Gasteiger partial charge in [-0.3, -0.25) is 9.69 Å². The first-order valence-electron chi connectivity index (χ1n) is 7.62. The van der Waals surface area contributed by atoms with E-state index in [4.69, 9.17) is 4.74 Å². The molecular formula is C16H21N3O2S. The van der Waals surface area contributed by atoms with Gasteiger partial charge in [-0.15, -0.1) is 11.3 Å². The van der Waals surface area contributed by atoms with Crippen molar-refractivity contribution in [2.45, 2.75) is 25.5 Å². The number of aromatic nitrogens is 1. The fourth-order valence-electron chi connectivity index (χ4n) is 2.61. The molecule has 6 heteroatoms. The Morgan fingerprint density at radius 3 is 3.14 bits per heavy atom. The van der Waals surface area contributed by atoms with Crippen molar-refractivity contribution in [3.8, 4) is 0 Å². The van der Waals surface area contributed by atoms with Gasteiger partial charge >= 0.3 is 0 Å². The van der Waals surface area contributed by atoms with Crippen molar-refractivity contribution in [3.05, 3.63) is 29.3 Å². The normalized spacial score (nSPS) is 18.2. The predicted molar refractivity (Wildman–Crippen MR) is 87.9 cm³/mol. The molecule has 1 aromatic heterocycles. The van der Waals surface area contributed by atoms with Gasteiger partial charge in [0.25, 0.3) is 0 Å². The molecule has 0 bridgehead atoms. The molecule has 0 spiro atoms. The quantitative estimate of drug-likeness (QED) is 0.885. The molecule has 1 aromatic carbocycles. The van der Waals surface area contributed by atoms with Crippen LogP contribution < -0.4 is 5.32 Å². The molecular weight excluding hydrogens is 298 g/mol. The van der Waals surface area contributed by atoms with Crippen LogP contribution in [0.4, 0.5) is 0 Å². The van der Waals surface area contributed by atoms with Crippen molar-refractivity contribution >= 4 is 27.5 Å². The van der Waals surface area contributed by atoms with Crippen molar-refractivity contribution in [2.24, 2.45) is 0 Å². The molecule has 1 saturated heterocycles. The fourth-order valence-corrected chi connectivity index (χ4v) is 3.66. The van der Waals surface area contributed by atoms with Gasteiger partial charge in [0.05, 0.1) is 29.4 Å². The van der Waals surface area contributed by atoms with Crippen molar-refractivity contribution in [1.82, 2.24) is 15.2 Å². The molecule has 1 N–H and O–H groups in total. The molecule has 1 aliphatic heterocycles. The Hall–Kier alpha value is -1.50. The summed E-state index contributed by atoms with van der Waals surface area (Å²) in [6, 6.07) is 8.11. The van der Waals surface area contributed by atoms with Gasteiger partial charge in [0.15, 0.2) is 0 Å². The van der Waals surface area contributed by atoms with Gasteiger partial charge in [-0.2, -0.15) is 0 Å². The predicted octanol–water partition coefficient (Wildman–Crippen LogP) is 2.02. The molecule has 3 rings (SSSR count). The smallest absolute Gasteiger partial charge is 0.234 e. The number of thiazole rings is 1. The van der Waals surface area contributed by atoms with E-state index in [0.717, 1.165) is 30.0 Å². The number of hydrogen-bond acceptors (Lipinski definition) is 5. The summed E-state index contributed by atoms with van der Waals surface area (Å²) in [7, 11) is 1.94. The van der Waals surface area contributed by atoms with Crippen LogP contribution in [0.3, 0.4) is 0 Å². The highest BCUT2D eigenvalue weighted by Gasteiger charge is 2.17. The van der Waals surface area contributed by atoms with Crippen molar-refractivity contribution < 1.29 is 9.53 Å². The van der Waals surface area contributed by atoms with E-state index in [2.05, 4.69) is 16.4 Å². The first-order valence-corrected chi connectivity index (χ1v) is 8.43. The number of para-hydroxylation sites is 1. The summed E-state index contributed by atoms with van der Waals surface area (Å²) in [5, 5.41) is 3.98. The average Bonchev–Trinajstić information content (AvgIpc) is 3.13. The van der Waals surface area contributed by atoms with E-state index in [1.807, 2.05) is 30.1 Å².